The highest BCUT2D eigenvalue weighted by Crippen LogP contribution is 2.23. The molecule has 0 aliphatic heterocycles. The van der Waals surface area contributed by atoms with E-state index in [0.29, 0.717) is 6.42 Å². The van der Waals surface area contributed by atoms with Crippen LogP contribution in [-0.2, 0) is 9.59 Å². The summed E-state index contributed by atoms with van der Waals surface area (Å²) in [6, 6.07) is -0.745. The lowest BCUT2D eigenvalue weighted by atomic mass is 9.85. The monoisotopic (exact) mass is 214 g/mol. The fourth-order valence-electron chi connectivity index (χ4n) is 1.86. The van der Waals surface area contributed by atoms with E-state index < -0.39 is 12.0 Å². The van der Waals surface area contributed by atoms with Gasteiger partial charge in [0.1, 0.15) is 6.04 Å². The van der Waals surface area contributed by atoms with Gasteiger partial charge in [0.25, 0.3) is 0 Å². The molecule has 1 rings (SSSR count). The molecule has 4 N–H and O–H groups in total. The predicted octanol–water partition coefficient (Wildman–Crippen LogP) is 0.0932. The summed E-state index contributed by atoms with van der Waals surface area (Å²) in [6.07, 6.45) is 3.38. The molecule has 86 valence electrons. The number of carbonyl (C=O) groups is 2. The third-order valence-electron chi connectivity index (χ3n) is 2.81. The summed E-state index contributed by atoms with van der Waals surface area (Å²) in [5, 5.41) is 11.1. The van der Waals surface area contributed by atoms with Gasteiger partial charge in [0.15, 0.2) is 0 Å². The van der Waals surface area contributed by atoms with Crippen molar-refractivity contribution in [2.45, 2.75) is 44.7 Å². The Morgan fingerprint density at radius 2 is 2.13 bits per heavy atom. The van der Waals surface area contributed by atoms with Gasteiger partial charge in [0.05, 0.1) is 0 Å². The first-order chi connectivity index (χ1) is 7.00. The summed E-state index contributed by atoms with van der Waals surface area (Å²) < 4.78 is 0. The lowest BCUT2D eigenvalue weighted by molar-refractivity contribution is -0.142. The number of carboxylic acid groups (broad SMARTS) is 1. The van der Waals surface area contributed by atoms with E-state index in [1.54, 1.807) is 0 Å². The maximum atomic E-state index is 11.6. The molecule has 0 radical (unpaired) electrons. The fraction of sp³-hybridized carbons (Fsp3) is 0.800. The minimum absolute atomic E-state index is 0.0784. The number of amides is 1. The van der Waals surface area contributed by atoms with E-state index in [2.05, 4.69) is 5.32 Å². The fourth-order valence-corrected chi connectivity index (χ4v) is 1.86. The zero-order chi connectivity index (χ0) is 11.4. The van der Waals surface area contributed by atoms with Crippen LogP contribution in [-0.4, -0.2) is 29.1 Å². The molecule has 0 saturated heterocycles. The number of rotatable bonds is 3. The highest BCUT2D eigenvalue weighted by atomic mass is 16.4. The van der Waals surface area contributed by atoms with Gasteiger partial charge in [-0.3, -0.25) is 9.59 Å². The molecule has 0 spiro atoms. The quantitative estimate of drug-likeness (QED) is 0.621. The van der Waals surface area contributed by atoms with Crippen molar-refractivity contribution >= 4 is 11.9 Å². The molecule has 1 aliphatic rings. The first kappa shape index (κ1) is 12.0. The van der Waals surface area contributed by atoms with Crippen LogP contribution in [0.1, 0.15) is 32.6 Å². The normalized spacial score (nSPS) is 28.1. The summed E-state index contributed by atoms with van der Waals surface area (Å²) in [4.78, 5) is 22.2. The second kappa shape index (κ2) is 5.11. The number of aliphatic carboxylic acids is 1. The van der Waals surface area contributed by atoms with E-state index in [1.807, 2.05) is 0 Å². The molecule has 0 aromatic heterocycles. The van der Waals surface area contributed by atoms with Crippen LogP contribution in [0.25, 0.3) is 0 Å². The average molecular weight is 214 g/mol. The molecule has 1 amide bonds. The van der Waals surface area contributed by atoms with Crippen LogP contribution < -0.4 is 11.1 Å². The van der Waals surface area contributed by atoms with Gasteiger partial charge in [-0.25, -0.2) is 0 Å². The van der Waals surface area contributed by atoms with E-state index in [0.717, 1.165) is 19.3 Å². The molecule has 0 heterocycles. The topological polar surface area (TPSA) is 92.4 Å². The Labute approximate surface area is 89.0 Å². The van der Waals surface area contributed by atoms with Crippen LogP contribution in [0.5, 0.6) is 0 Å². The van der Waals surface area contributed by atoms with Gasteiger partial charge in [0, 0.05) is 12.0 Å². The van der Waals surface area contributed by atoms with E-state index >= 15 is 0 Å². The zero-order valence-electron chi connectivity index (χ0n) is 8.90. The van der Waals surface area contributed by atoms with Crippen LogP contribution in [0, 0.1) is 5.92 Å². The summed E-state index contributed by atoms with van der Waals surface area (Å²) in [6.45, 7) is 1.46. The van der Waals surface area contributed by atoms with Gasteiger partial charge in [0.2, 0.25) is 5.91 Å². The van der Waals surface area contributed by atoms with Crippen molar-refractivity contribution in [3.8, 4) is 0 Å². The van der Waals surface area contributed by atoms with Crippen LogP contribution in [0.4, 0.5) is 0 Å². The molecule has 2 unspecified atom stereocenters. The molecule has 0 aromatic rings. The van der Waals surface area contributed by atoms with Crippen molar-refractivity contribution in [3.63, 3.8) is 0 Å². The van der Waals surface area contributed by atoms with Crippen molar-refractivity contribution in [3.05, 3.63) is 0 Å². The summed E-state index contributed by atoms with van der Waals surface area (Å²) in [7, 11) is 0. The largest absolute Gasteiger partial charge is 0.480 e. The summed E-state index contributed by atoms with van der Waals surface area (Å²) in [5.41, 5.74) is 5.76. The molecule has 0 aromatic carbocycles. The maximum Gasteiger partial charge on any atom is 0.325 e. The average Bonchev–Trinajstić information content (AvgIpc) is 2.17. The van der Waals surface area contributed by atoms with E-state index in [1.165, 1.54) is 6.92 Å². The van der Waals surface area contributed by atoms with Gasteiger partial charge in [-0.2, -0.15) is 0 Å². The zero-order valence-corrected chi connectivity index (χ0v) is 8.90. The molecule has 0 bridgehead atoms. The lowest BCUT2D eigenvalue weighted by Crippen LogP contribution is -2.44. The van der Waals surface area contributed by atoms with Crippen molar-refractivity contribution in [1.82, 2.24) is 5.32 Å². The Kier molecular flexibility index (Phi) is 4.08. The lowest BCUT2D eigenvalue weighted by Gasteiger charge is -2.26. The highest BCUT2D eigenvalue weighted by Gasteiger charge is 2.27. The van der Waals surface area contributed by atoms with Crippen molar-refractivity contribution in [1.29, 1.82) is 0 Å². The van der Waals surface area contributed by atoms with Crippen LogP contribution in [0.15, 0.2) is 0 Å². The van der Waals surface area contributed by atoms with Crippen LogP contribution >= 0.6 is 0 Å². The van der Waals surface area contributed by atoms with Crippen LogP contribution in [0.3, 0.4) is 0 Å². The minimum Gasteiger partial charge on any atom is -0.480 e. The van der Waals surface area contributed by atoms with Crippen molar-refractivity contribution in [2.24, 2.45) is 11.7 Å². The van der Waals surface area contributed by atoms with Gasteiger partial charge in [-0.15, -0.1) is 0 Å². The number of carboxylic acids is 1. The third-order valence-corrected chi connectivity index (χ3v) is 2.81. The molecular weight excluding hydrogens is 196 g/mol. The van der Waals surface area contributed by atoms with E-state index in [-0.39, 0.29) is 17.9 Å². The highest BCUT2D eigenvalue weighted by molar-refractivity contribution is 5.84. The molecule has 1 fully saturated rings. The Hall–Kier alpha value is -1.10. The predicted molar refractivity (Wildman–Crippen MR) is 55.2 cm³/mol. The smallest absolute Gasteiger partial charge is 0.325 e. The molecule has 5 nitrogen and oxygen atoms in total. The third kappa shape index (κ3) is 3.51. The number of nitrogens with two attached hydrogens (primary N) is 1. The maximum absolute atomic E-state index is 11.6. The Morgan fingerprint density at radius 3 is 2.67 bits per heavy atom. The van der Waals surface area contributed by atoms with Crippen molar-refractivity contribution < 1.29 is 14.7 Å². The molecule has 15 heavy (non-hydrogen) atoms. The second-order valence-electron chi connectivity index (χ2n) is 4.19. The summed E-state index contributed by atoms with van der Waals surface area (Å²) >= 11 is 0. The van der Waals surface area contributed by atoms with E-state index in [9.17, 15) is 9.59 Å². The molecule has 1 saturated carbocycles. The first-order valence-electron chi connectivity index (χ1n) is 5.29. The number of nitrogens with one attached hydrogen (secondary N) is 1. The number of hydrogen-bond donors (Lipinski definition) is 3. The standard InChI is InChI=1S/C10H18N2O3/c1-6(10(14)15)12-9(13)7-3-2-4-8(11)5-7/h6-8H,2-5,11H2,1H3,(H,12,13)(H,14,15)/t6-,7?,8?/m1/s1. The van der Waals surface area contributed by atoms with Crippen molar-refractivity contribution in [2.75, 3.05) is 0 Å². The minimum atomic E-state index is -1.01. The van der Waals surface area contributed by atoms with Gasteiger partial charge in [-0.05, 0) is 26.2 Å². The van der Waals surface area contributed by atoms with E-state index in [4.69, 9.17) is 10.8 Å². The summed E-state index contributed by atoms with van der Waals surface area (Å²) in [5.74, 6) is -1.31. The number of carbonyl (C=O) groups excluding carboxylic acids is 1. The molecule has 1 aliphatic carbocycles. The molecule has 5 heteroatoms. The molecular formula is C10H18N2O3. The van der Waals surface area contributed by atoms with Gasteiger partial charge in [-0.1, -0.05) is 6.42 Å². The SMILES string of the molecule is C[C@@H](NC(=O)C1CCCC(N)C1)C(=O)O. The second-order valence-corrected chi connectivity index (χ2v) is 4.19. The number of hydrogen-bond acceptors (Lipinski definition) is 3. The molecule has 3 atom stereocenters. The van der Waals surface area contributed by atoms with Gasteiger partial charge < -0.3 is 16.2 Å². The Balaban J connectivity index is 2.42. The van der Waals surface area contributed by atoms with Crippen LogP contribution in [0.2, 0.25) is 0 Å². The Morgan fingerprint density at radius 1 is 1.47 bits per heavy atom. The Bertz CT molecular complexity index is 255. The first-order valence-corrected chi connectivity index (χ1v) is 5.29. The van der Waals surface area contributed by atoms with Gasteiger partial charge >= 0.3 is 5.97 Å².